The van der Waals surface area contributed by atoms with Gasteiger partial charge in [0.15, 0.2) is 5.79 Å². The molecule has 3 atom stereocenters. The van der Waals surface area contributed by atoms with Crippen LogP contribution in [0.25, 0.3) is 0 Å². The zero-order valence-electron chi connectivity index (χ0n) is 14.2. The third-order valence-corrected chi connectivity index (χ3v) is 4.87. The van der Waals surface area contributed by atoms with Gasteiger partial charge in [-0.3, -0.25) is 4.79 Å². The summed E-state index contributed by atoms with van der Waals surface area (Å²) in [5.41, 5.74) is 0.887. The fourth-order valence-electron chi connectivity index (χ4n) is 3.15. The van der Waals surface area contributed by atoms with Crippen LogP contribution in [0.4, 0.5) is 0 Å². The molecule has 2 fully saturated rings. The maximum atomic E-state index is 12.2. The van der Waals surface area contributed by atoms with Crippen molar-refractivity contribution in [2.75, 3.05) is 20.8 Å². The van der Waals surface area contributed by atoms with Gasteiger partial charge in [-0.2, -0.15) is 0 Å². The van der Waals surface area contributed by atoms with E-state index in [1.807, 2.05) is 26.0 Å². The minimum atomic E-state index is -0.649. The van der Waals surface area contributed by atoms with Gasteiger partial charge < -0.3 is 23.8 Å². The number of β-lactam (4-membered cyclic amide) rings is 1. The molecule has 0 aromatic heterocycles. The van der Waals surface area contributed by atoms with E-state index >= 15 is 0 Å². The Kier molecular flexibility index (Phi) is 4.64. The summed E-state index contributed by atoms with van der Waals surface area (Å²) < 4.78 is 22.1. The summed E-state index contributed by atoms with van der Waals surface area (Å²) in [5, 5.41) is -0.586. The molecule has 1 aromatic rings. The van der Waals surface area contributed by atoms with Crippen molar-refractivity contribution in [3.05, 3.63) is 23.8 Å². The number of hydrogen-bond donors (Lipinski definition) is 0. The molecule has 1 amide bonds. The molecule has 0 bridgehead atoms. The zero-order valence-corrected chi connectivity index (χ0v) is 15.0. The van der Waals surface area contributed by atoms with Gasteiger partial charge >= 0.3 is 0 Å². The molecular weight excluding hydrogens is 334 g/mol. The number of alkyl halides is 1. The van der Waals surface area contributed by atoms with Crippen molar-refractivity contribution in [1.82, 2.24) is 4.90 Å². The number of carbonyl (C=O) groups is 1. The van der Waals surface area contributed by atoms with Crippen LogP contribution < -0.4 is 9.47 Å². The Morgan fingerprint density at radius 3 is 2.67 bits per heavy atom. The van der Waals surface area contributed by atoms with Gasteiger partial charge in [-0.15, -0.1) is 11.6 Å². The fourth-order valence-corrected chi connectivity index (χ4v) is 3.57. The zero-order chi connectivity index (χ0) is 17.5. The number of carbonyl (C=O) groups excluding carboxylic acids is 1. The number of hydrogen-bond acceptors (Lipinski definition) is 5. The van der Waals surface area contributed by atoms with Crippen LogP contribution in [0, 0.1) is 0 Å². The summed E-state index contributed by atoms with van der Waals surface area (Å²) in [7, 11) is 3.19. The Balaban J connectivity index is 1.77. The molecule has 2 aliphatic rings. The molecule has 0 radical (unpaired) electrons. The number of likely N-dealkylation sites (tertiary alicyclic amines) is 1. The molecule has 2 aliphatic heterocycles. The van der Waals surface area contributed by atoms with Crippen LogP contribution >= 0.6 is 11.6 Å². The first-order valence-electron chi connectivity index (χ1n) is 7.83. The summed E-state index contributed by atoms with van der Waals surface area (Å²) in [6.45, 7) is 4.53. The quantitative estimate of drug-likeness (QED) is 0.598. The minimum absolute atomic E-state index is 0.104. The second-order valence-corrected chi connectivity index (χ2v) is 6.87. The normalized spacial score (nSPS) is 28.6. The number of amides is 1. The highest BCUT2D eigenvalue weighted by molar-refractivity contribution is 6.33. The molecule has 2 saturated heterocycles. The summed E-state index contributed by atoms with van der Waals surface area (Å²) in [5.74, 6) is 0.617. The van der Waals surface area contributed by atoms with Gasteiger partial charge in [0.25, 0.3) is 0 Å². The van der Waals surface area contributed by atoms with Gasteiger partial charge in [-0.05, 0) is 26.0 Å². The first kappa shape index (κ1) is 17.3. The Labute approximate surface area is 146 Å². The van der Waals surface area contributed by atoms with Gasteiger partial charge in [-0.25, -0.2) is 0 Å². The number of nitrogens with zero attached hydrogens (tertiary/aromatic N) is 1. The molecule has 3 rings (SSSR count). The molecule has 0 saturated carbocycles. The first-order chi connectivity index (χ1) is 11.4. The fraction of sp³-hybridized carbons (Fsp3) is 0.588. The van der Waals surface area contributed by atoms with Crippen molar-refractivity contribution in [2.24, 2.45) is 0 Å². The van der Waals surface area contributed by atoms with Crippen LogP contribution in [0.3, 0.4) is 0 Å². The third-order valence-electron chi connectivity index (χ3n) is 4.42. The third kappa shape index (κ3) is 3.06. The average molecular weight is 356 g/mol. The van der Waals surface area contributed by atoms with Crippen LogP contribution in [0.15, 0.2) is 18.2 Å². The lowest BCUT2D eigenvalue weighted by molar-refractivity contribution is -0.168. The summed E-state index contributed by atoms with van der Waals surface area (Å²) in [6.07, 6.45) is -0.232. The van der Waals surface area contributed by atoms with E-state index in [2.05, 4.69) is 0 Å². The van der Waals surface area contributed by atoms with Gasteiger partial charge in [0.05, 0.1) is 26.9 Å². The highest BCUT2D eigenvalue weighted by Crippen LogP contribution is 2.37. The van der Waals surface area contributed by atoms with Gasteiger partial charge in [0, 0.05) is 18.2 Å². The van der Waals surface area contributed by atoms with Crippen molar-refractivity contribution in [1.29, 1.82) is 0 Å². The van der Waals surface area contributed by atoms with E-state index in [9.17, 15) is 4.79 Å². The molecule has 0 N–H and O–H groups in total. The van der Waals surface area contributed by atoms with E-state index in [1.54, 1.807) is 25.2 Å². The SMILES string of the molecule is COc1ccc(CN2C(=O)[C@@H](Cl)[C@H]2[C@@H]2COC(C)(C)O2)c(OC)c1. The lowest BCUT2D eigenvalue weighted by atomic mass is 9.94. The summed E-state index contributed by atoms with van der Waals surface area (Å²) in [6, 6.07) is 5.31. The van der Waals surface area contributed by atoms with Crippen molar-refractivity contribution in [2.45, 2.75) is 43.7 Å². The van der Waals surface area contributed by atoms with Crippen LogP contribution in [-0.2, 0) is 20.8 Å². The lowest BCUT2D eigenvalue weighted by Gasteiger charge is -2.46. The standard InChI is InChI=1S/C17H22ClNO5/c1-17(2)23-9-13(24-17)15-14(18)16(20)19(15)8-10-5-6-11(21-3)7-12(10)22-4/h5-7,13-15H,8-9H2,1-4H3/t13-,14-,15+/m0/s1. The highest BCUT2D eigenvalue weighted by atomic mass is 35.5. The molecule has 0 spiro atoms. The number of rotatable bonds is 5. The Bertz CT molecular complexity index is 635. The van der Waals surface area contributed by atoms with Gasteiger partial charge in [-0.1, -0.05) is 0 Å². The summed E-state index contributed by atoms with van der Waals surface area (Å²) >= 11 is 6.24. The van der Waals surface area contributed by atoms with E-state index in [1.165, 1.54) is 0 Å². The van der Waals surface area contributed by atoms with Crippen molar-refractivity contribution in [3.8, 4) is 11.5 Å². The smallest absolute Gasteiger partial charge is 0.243 e. The Hall–Kier alpha value is -1.50. The molecule has 132 valence electrons. The molecule has 2 heterocycles. The molecule has 6 nitrogen and oxygen atoms in total. The maximum absolute atomic E-state index is 12.2. The first-order valence-corrected chi connectivity index (χ1v) is 8.27. The van der Waals surface area contributed by atoms with Crippen LogP contribution in [0.2, 0.25) is 0 Å². The average Bonchev–Trinajstić information content (AvgIpc) is 2.93. The molecule has 0 aliphatic carbocycles. The van der Waals surface area contributed by atoms with Crippen LogP contribution in [0.1, 0.15) is 19.4 Å². The second-order valence-electron chi connectivity index (χ2n) is 6.40. The lowest BCUT2D eigenvalue weighted by Crippen LogP contribution is -2.66. The monoisotopic (exact) mass is 355 g/mol. The van der Waals surface area contributed by atoms with Crippen LogP contribution in [-0.4, -0.2) is 54.9 Å². The highest BCUT2D eigenvalue weighted by Gasteiger charge is 2.54. The number of methoxy groups -OCH3 is 2. The maximum Gasteiger partial charge on any atom is 0.243 e. The van der Waals surface area contributed by atoms with Gasteiger partial charge in [0.1, 0.15) is 23.0 Å². The van der Waals surface area contributed by atoms with E-state index < -0.39 is 11.2 Å². The largest absolute Gasteiger partial charge is 0.497 e. The van der Waals surface area contributed by atoms with E-state index in [4.69, 9.17) is 30.5 Å². The van der Waals surface area contributed by atoms with Crippen molar-refractivity contribution < 1.29 is 23.7 Å². The topological polar surface area (TPSA) is 57.2 Å². The number of benzene rings is 1. The minimum Gasteiger partial charge on any atom is -0.497 e. The molecule has 1 aromatic carbocycles. The molecular formula is C17H22ClNO5. The van der Waals surface area contributed by atoms with E-state index in [0.29, 0.717) is 24.7 Å². The number of halogens is 1. The van der Waals surface area contributed by atoms with E-state index in [0.717, 1.165) is 5.56 Å². The summed E-state index contributed by atoms with van der Waals surface area (Å²) in [4.78, 5) is 14.0. The van der Waals surface area contributed by atoms with Crippen LogP contribution in [0.5, 0.6) is 11.5 Å². The molecule has 7 heteroatoms. The Morgan fingerprint density at radius 1 is 1.33 bits per heavy atom. The molecule has 24 heavy (non-hydrogen) atoms. The second kappa shape index (κ2) is 6.43. The predicted octanol–water partition coefficient (Wildman–Crippen LogP) is 2.17. The Morgan fingerprint density at radius 2 is 2.08 bits per heavy atom. The van der Waals surface area contributed by atoms with E-state index in [-0.39, 0.29) is 18.1 Å². The van der Waals surface area contributed by atoms with Crippen molar-refractivity contribution >= 4 is 17.5 Å². The predicted molar refractivity (Wildman–Crippen MR) is 88.4 cm³/mol. The molecule has 0 unspecified atom stereocenters. The van der Waals surface area contributed by atoms with Crippen molar-refractivity contribution in [3.63, 3.8) is 0 Å². The van der Waals surface area contributed by atoms with Gasteiger partial charge in [0.2, 0.25) is 5.91 Å². The number of ether oxygens (including phenoxy) is 4.